The number of hydrogen-bond donors (Lipinski definition) is 0. The Kier molecular flexibility index (Phi) is 4.02. The maximum absolute atomic E-state index is 5.65. The quantitative estimate of drug-likeness (QED) is 0.650. The van der Waals surface area contributed by atoms with Gasteiger partial charge in [0.05, 0.1) is 12.2 Å². The van der Waals surface area contributed by atoms with E-state index in [4.69, 9.17) is 9.47 Å². The Morgan fingerprint density at radius 3 is 2.50 bits per heavy atom. The van der Waals surface area contributed by atoms with E-state index in [0.717, 1.165) is 6.61 Å². The van der Waals surface area contributed by atoms with Crippen molar-refractivity contribution < 1.29 is 9.47 Å². The Morgan fingerprint density at radius 2 is 1.92 bits per heavy atom. The van der Waals surface area contributed by atoms with E-state index >= 15 is 0 Å². The highest BCUT2D eigenvalue weighted by Crippen LogP contribution is 2.28. The standard InChI is InChI=1S/C10H20O2/c1-4-12-10-7-5-6-9(11-3)8(10)2/h8-10H,4-7H2,1-3H3/t8-,9-,10-/m1/s1. The van der Waals surface area contributed by atoms with Crippen LogP contribution < -0.4 is 0 Å². The SMILES string of the molecule is CCO[C@@H]1CCC[C@@H](OC)[C@H]1C. The van der Waals surface area contributed by atoms with Crippen LogP contribution in [0.15, 0.2) is 0 Å². The van der Waals surface area contributed by atoms with Crippen molar-refractivity contribution >= 4 is 0 Å². The average Bonchev–Trinajstić information content (AvgIpc) is 2.09. The van der Waals surface area contributed by atoms with E-state index < -0.39 is 0 Å². The number of rotatable bonds is 3. The number of methoxy groups -OCH3 is 1. The third-order valence-corrected chi connectivity index (χ3v) is 2.83. The van der Waals surface area contributed by atoms with E-state index in [9.17, 15) is 0 Å². The topological polar surface area (TPSA) is 18.5 Å². The van der Waals surface area contributed by atoms with Crippen molar-refractivity contribution in [3.05, 3.63) is 0 Å². The van der Waals surface area contributed by atoms with Gasteiger partial charge in [0.1, 0.15) is 0 Å². The normalized spacial score (nSPS) is 36.8. The molecule has 3 atom stereocenters. The van der Waals surface area contributed by atoms with Gasteiger partial charge in [0, 0.05) is 19.6 Å². The van der Waals surface area contributed by atoms with Gasteiger partial charge < -0.3 is 9.47 Å². The van der Waals surface area contributed by atoms with Gasteiger partial charge in [-0.25, -0.2) is 0 Å². The zero-order valence-corrected chi connectivity index (χ0v) is 8.38. The predicted octanol–water partition coefficient (Wildman–Crippen LogP) is 2.23. The molecule has 0 unspecified atom stereocenters. The maximum Gasteiger partial charge on any atom is 0.0625 e. The lowest BCUT2D eigenvalue weighted by Gasteiger charge is -2.34. The molecule has 1 aliphatic rings. The zero-order chi connectivity index (χ0) is 8.97. The Balaban J connectivity index is 2.41. The fourth-order valence-corrected chi connectivity index (χ4v) is 2.07. The van der Waals surface area contributed by atoms with Crippen molar-refractivity contribution in [2.45, 2.75) is 45.3 Å². The summed E-state index contributed by atoms with van der Waals surface area (Å²) in [6.07, 6.45) is 4.48. The van der Waals surface area contributed by atoms with Crippen LogP contribution in [0, 0.1) is 5.92 Å². The van der Waals surface area contributed by atoms with E-state index in [1.54, 1.807) is 7.11 Å². The molecule has 1 aliphatic carbocycles. The van der Waals surface area contributed by atoms with Gasteiger partial charge >= 0.3 is 0 Å². The molecule has 1 fully saturated rings. The minimum Gasteiger partial charge on any atom is -0.381 e. The molecule has 0 aliphatic heterocycles. The Bertz CT molecular complexity index is 123. The molecule has 2 heteroatoms. The molecule has 72 valence electrons. The van der Waals surface area contributed by atoms with Gasteiger partial charge in [0.25, 0.3) is 0 Å². The van der Waals surface area contributed by atoms with Crippen LogP contribution in [-0.2, 0) is 9.47 Å². The van der Waals surface area contributed by atoms with Gasteiger partial charge in [0.2, 0.25) is 0 Å². The third-order valence-electron chi connectivity index (χ3n) is 2.83. The molecule has 0 bridgehead atoms. The average molecular weight is 172 g/mol. The fraction of sp³-hybridized carbons (Fsp3) is 1.00. The van der Waals surface area contributed by atoms with Crippen molar-refractivity contribution in [1.82, 2.24) is 0 Å². The molecule has 0 saturated heterocycles. The molecule has 0 spiro atoms. The summed E-state index contributed by atoms with van der Waals surface area (Å²) in [5.41, 5.74) is 0. The molecule has 2 nitrogen and oxygen atoms in total. The van der Waals surface area contributed by atoms with Gasteiger partial charge in [-0.3, -0.25) is 0 Å². The highest BCUT2D eigenvalue weighted by molar-refractivity contribution is 4.80. The minimum absolute atomic E-state index is 0.412. The maximum atomic E-state index is 5.65. The molecular formula is C10H20O2. The van der Waals surface area contributed by atoms with Gasteiger partial charge in [-0.15, -0.1) is 0 Å². The van der Waals surface area contributed by atoms with Gasteiger partial charge in [-0.1, -0.05) is 6.92 Å². The Morgan fingerprint density at radius 1 is 1.25 bits per heavy atom. The summed E-state index contributed by atoms with van der Waals surface area (Å²) in [5, 5.41) is 0. The lowest BCUT2D eigenvalue weighted by molar-refractivity contribution is -0.0688. The molecule has 0 N–H and O–H groups in total. The first-order valence-electron chi connectivity index (χ1n) is 4.94. The van der Waals surface area contributed by atoms with Crippen molar-refractivity contribution in [3.63, 3.8) is 0 Å². The Hall–Kier alpha value is -0.0800. The largest absolute Gasteiger partial charge is 0.381 e. The third kappa shape index (κ3) is 2.20. The first-order valence-corrected chi connectivity index (χ1v) is 4.94. The molecule has 0 heterocycles. The van der Waals surface area contributed by atoms with Crippen molar-refractivity contribution in [2.24, 2.45) is 5.92 Å². The molecule has 0 radical (unpaired) electrons. The van der Waals surface area contributed by atoms with Crippen LogP contribution in [0.4, 0.5) is 0 Å². The summed E-state index contributed by atoms with van der Waals surface area (Å²) in [5.74, 6) is 0.559. The molecule has 0 aromatic carbocycles. The van der Waals surface area contributed by atoms with Gasteiger partial charge in [-0.2, -0.15) is 0 Å². The molecule has 12 heavy (non-hydrogen) atoms. The van der Waals surface area contributed by atoms with Crippen LogP contribution in [-0.4, -0.2) is 25.9 Å². The van der Waals surface area contributed by atoms with Crippen molar-refractivity contribution in [2.75, 3.05) is 13.7 Å². The molecule has 0 aromatic rings. The summed E-state index contributed by atoms with van der Waals surface area (Å²) < 4.78 is 11.0. The van der Waals surface area contributed by atoms with Crippen LogP contribution in [0.2, 0.25) is 0 Å². The molecule has 0 amide bonds. The van der Waals surface area contributed by atoms with Crippen molar-refractivity contribution in [3.8, 4) is 0 Å². The van der Waals surface area contributed by atoms with Crippen molar-refractivity contribution in [1.29, 1.82) is 0 Å². The van der Waals surface area contributed by atoms with Gasteiger partial charge in [0.15, 0.2) is 0 Å². The second kappa shape index (κ2) is 4.83. The van der Waals surface area contributed by atoms with Crippen LogP contribution in [0.5, 0.6) is 0 Å². The Labute approximate surface area is 75.2 Å². The second-order valence-electron chi connectivity index (χ2n) is 3.56. The monoisotopic (exact) mass is 172 g/mol. The van der Waals surface area contributed by atoms with E-state index in [1.165, 1.54) is 19.3 Å². The molecule has 0 aromatic heterocycles. The first kappa shape index (κ1) is 10.0. The number of ether oxygens (including phenoxy) is 2. The van der Waals surface area contributed by atoms with Crippen LogP contribution in [0.25, 0.3) is 0 Å². The summed E-state index contributed by atoms with van der Waals surface area (Å²) >= 11 is 0. The summed E-state index contributed by atoms with van der Waals surface area (Å²) in [6.45, 7) is 5.11. The van der Waals surface area contributed by atoms with E-state index in [1.807, 2.05) is 0 Å². The zero-order valence-electron chi connectivity index (χ0n) is 8.38. The minimum atomic E-state index is 0.412. The highest BCUT2D eigenvalue weighted by atomic mass is 16.5. The van der Waals surface area contributed by atoms with E-state index in [2.05, 4.69) is 13.8 Å². The van der Waals surface area contributed by atoms with Gasteiger partial charge in [-0.05, 0) is 26.2 Å². The summed E-state index contributed by atoms with van der Waals surface area (Å²) in [4.78, 5) is 0. The molecular weight excluding hydrogens is 152 g/mol. The van der Waals surface area contributed by atoms with Crippen LogP contribution in [0.3, 0.4) is 0 Å². The lowest BCUT2D eigenvalue weighted by atomic mass is 9.85. The summed E-state index contributed by atoms with van der Waals surface area (Å²) in [6, 6.07) is 0. The first-order chi connectivity index (χ1) is 5.79. The predicted molar refractivity (Wildman–Crippen MR) is 49.2 cm³/mol. The fourth-order valence-electron chi connectivity index (χ4n) is 2.07. The number of hydrogen-bond acceptors (Lipinski definition) is 2. The summed E-state index contributed by atoms with van der Waals surface area (Å²) in [7, 11) is 1.80. The van der Waals surface area contributed by atoms with E-state index in [0.29, 0.717) is 18.1 Å². The second-order valence-corrected chi connectivity index (χ2v) is 3.56. The van der Waals surface area contributed by atoms with Crippen LogP contribution >= 0.6 is 0 Å². The lowest BCUT2D eigenvalue weighted by Crippen LogP contribution is -2.37. The smallest absolute Gasteiger partial charge is 0.0625 e. The molecule has 1 saturated carbocycles. The van der Waals surface area contributed by atoms with E-state index in [-0.39, 0.29) is 0 Å². The highest BCUT2D eigenvalue weighted by Gasteiger charge is 2.29. The molecule has 1 rings (SSSR count). The van der Waals surface area contributed by atoms with Crippen LogP contribution in [0.1, 0.15) is 33.1 Å².